The number of nitrogens with one attached hydrogen (secondary N) is 1. The smallest absolute Gasteiger partial charge is 0.287 e. The molecule has 1 aromatic heterocycles. The van der Waals surface area contributed by atoms with E-state index in [2.05, 4.69) is 30.6 Å². The highest BCUT2D eigenvalue weighted by atomic mass is 32.2. The Bertz CT molecular complexity index is 871. The van der Waals surface area contributed by atoms with Crippen LogP contribution in [0.4, 0.5) is 0 Å². The number of benzene rings is 1. The molecule has 4 rings (SSSR count). The van der Waals surface area contributed by atoms with Gasteiger partial charge in [-0.15, -0.1) is 23.5 Å². The second kappa shape index (κ2) is 7.16. The summed E-state index contributed by atoms with van der Waals surface area (Å²) in [6.45, 7) is 4.55. The molecule has 1 aromatic carbocycles. The number of aryl methyl sites for hydroxylation is 1. The van der Waals surface area contributed by atoms with Crippen molar-refractivity contribution < 1.29 is 9.21 Å². The van der Waals surface area contributed by atoms with Gasteiger partial charge in [-0.3, -0.25) is 9.79 Å². The van der Waals surface area contributed by atoms with Gasteiger partial charge >= 0.3 is 0 Å². The lowest BCUT2D eigenvalue weighted by Gasteiger charge is -2.22. The van der Waals surface area contributed by atoms with E-state index in [1.54, 1.807) is 11.8 Å². The minimum Gasteiger partial charge on any atom is -0.455 e. The van der Waals surface area contributed by atoms with Gasteiger partial charge in [-0.1, -0.05) is 12.1 Å². The number of furan rings is 1. The van der Waals surface area contributed by atoms with Crippen molar-refractivity contribution in [3.8, 4) is 0 Å². The summed E-state index contributed by atoms with van der Waals surface area (Å²) in [7, 11) is 0. The third kappa shape index (κ3) is 3.21. The first-order chi connectivity index (χ1) is 12.6. The maximum Gasteiger partial charge on any atom is 0.287 e. The molecule has 1 aliphatic heterocycles. The largest absolute Gasteiger partial charge is 0.455 e. The van der Waals surface area contributed by atoms with Crippen molar-refractivity contribution >= 4 is 34.5 Å². The van der Waals surface area contributed by atoms with E-state index < -0.39 is 0 Å². The topological polar surface area (TPSA) is 54.6 Å². The first-order valence-electron chi connectivity index (χ1n) is 8.81. The van der Waals surface area contributed by atoms with Crippen molar-refractivity contribution in [1.82, 2.24) is 5.32 Å². The number of carbonyl (C=O) groups is 1. The third-order valence-corrected chi connectivity index (χ3v) is 7.02. The average molecular weight is 387 g/mol. The van der Waals surface area contributed by atoms with Crippen LogP contribution < -0.4 is 5.32 Å². The molecule has 1 aliphatic carbocycles. The molecule has 0 spiro atoms. The number of rotatable bonds is 4. The van der Waals surface area contributed by atoms with Gasteiger partial charge in [0.2, 0.25) is 0 Å². The molecule has 0 saturated heterocycles. The number of aliphatic imine (C=N–C) groups is 1. The molecule has 4 nitrogen and oxygen atoms in total. The van der Waals surface area contributed by atoms with Gasteiger partial charge in [-0.25, -0.2) is 0 Å². The monoisotopic (exact) mass is 386 g/mol. The van der Waals surface area contributed by atoms with Crippen LogP contribution in [0.1, 0.15) is 52.4 Å². The van der Waals surface area contributed by atoms with Crippen molar-refractivity contribution in [3.05, 3.63) is 52.5 Å². The van der Waals surface area contributed by atoms with Crippen LogP contribution in [-0.2, 0) is 13.0 Å². The van der Waals surface area contributed by atoms with Gasteiger partial charge in [0, 0.05) is 34.2 Å². The Morgan fingerprint density at radius 1 is 1.35 bits per heavy atom. The molecule has 0 bridgehead atoms. The molecule has 2 atom stereocenters. The van der Waals surface area contributed by atoms with E-state index in [1.807, 2.05) is 30.8 Å². The quantitative estimate of drug-likeness (QED) is 0.770. The van der Waals surface area contributed by atoms with E-state index in [9.17, 15) is 4.79 Å². The van der Waals surface area contributed by atoms with Crippen LogP contribution in [0.5, 0.6) is 0 Å². The van der Waals surface area contributed by atoms with Crippen molar-refractivity contribution in [1.29, 1.82) is 0 Å². The summed E-state index contributed by atoms with van der Waals surface area (Å²) in [5, 5.41) is 4.61. The van der Waals surface area contributed by atoms with E-state index in [4.69, 9.17) is 9.41 Å². The molecule has 2 aliphatic rings. The zero-order valence-corrected chi connectivity index (χ0v) is 16.8. The number of fused-ring (bicyclic) bond motifs is 3. The highest BCUT2D eigenvalue weighted by Gasteiger charge is 2.39. The highest BCUT2D eigenvalue weighted by Crippen LogP contribution is 2.47. The fourth-order valence-electron chi connectivity index (χ4n) is 3.71. The second-order valence-corrected chi connectivity index (χ2v) is 9.02. The third-order valence-electron chi connectivity index (χ3n) is 5.04. The standard InChI is InChI=1S/C20H22N2O2S2/c1-11-17-15(8-9-16-18(17)22-12(2)26-16)24-19(11)20(23)21-10-13-4-6-14(25-3)7-5-13/h4-7,16,18H,8-10H2,1-3H3,(H,21,23). The van der Waals surface area contributed by atoms with E-state index in [0.29, 0.717) is 17.6 Å². The molecule has 1 N–H and O–H groups in total. The molecule has 0 radical (unpaired) electrons. The minimum absolute atomic E-state index is 0.145. The Labute approximate surface area is 162 Å². The molecule has 0 saturated carbocycles. The number of thioether (sulfide) groups is 2. The van der Waals surface area contributed by atoms with Gasteiger partial charge in [0.1, 0.15) is 5.76 Å². The van der Waals surface area contributed by atoms with E-state index >= 15 is 0 Å². The molecular weight excluding hydrogens is 364 g/mol. The van der Waals surface area contributed by atoms with Crippen molar-refractivity contribution in [3.63, 3.8) is 0 Å². The number of hydrogen-bond acceptors (Lipinski definition) is 5. The maximum atomic E-state index is 12.7. The molecule has 6 heteroatoms. The Morgan fingerprint density at radius 2 is 2.12 bits per heavy atom. The fraction of sp³-hybridized carbons (Fsp3) is 0.400. The number of carbonyl (C=O) groups excluding carboxylic acids is 1. The molecule has 0 fully saturated rings. The first kappa shape index (κ1) is 17.7. The summed E-state index contributed by atoms with van der Waals surface area (Å²) in [6, 6.07) is 8.38. The Hall–Kier alpha value is -1.66. The van der Waals surface area contributed by atoms with E-state index in [0.717, 1.165) is 40.3 Å². The number of nitrogens with zero attached hydrogens (tertiary/aromatic N) is 1. The zero-order valence-electron chi connectivity index (χ0n) is 15.2. The van der Waals surface area contributed by atoms with Crippen LogP contribution in [0.25, 0.3) is 0 Å². The first-order valence-corrected chi connectivity index (χ1v) is 10.9. The zero-order chi connectivity index (χ0) is 18.3. The summed E-state index contributed by atoms with van der Waals surface area (Å²) in [6.07, 6.45) is 3.99. The lowest BCUT2D eigenvalue weighted by Crippen LogP contribution is -2.23. The normalized spacial score (nSPS) is 21.1. The molecule has 1 amide bonds. The SMILES string of the molecule is CSc1ccc(CNC(=O)c2oc3c(c2C)C2N=C(C)SC2CC3)cc1. The molecule has 136 valence electrons. The maximum absolute atomic E-state index is 12.7. The molecular formula is C20H22N2O2S2. The van der Waals surface area contributed by atoms with Crippen LogP contribution in [0.15, 0.2) is 38.6 Å². The Balaban J connectivity index is 1.51. The van der Waals surface area contributed by atoms with Gasteiger partial charge in [0.15, 0.2) is 5.76 Å². The van der Waals surface area contributed by atoms with Crippen molar-refractivity contribution in [2.24, 2.45) is 4.99 Å². The van der Waals surface area contributed by atoms with E-state index in [-0.39, 0.29) is 11.9 Å². The van der Waals surface area contributed by atoms with Crippen molar-refractivity contribution in [2.75, 3.05) is 6.26 Å². The Kier molecular flexibility index (Phi) is 4.88. The van der Waals surface area contributed by atoms with Gasteiger partial charge in [0.05, 0.1) is 11.1 Å². The number of amides is 1. The predicted molar refractivity (Wildman–Crippen MR) is 108 cm³/mol. The van der Waals surface area contributed by atoms with Crippen molar-refractivity contribution in [2.45, 2.75) is 49.4 Å². The molecule has 2 unspecified atom stereocenters. The predicted octanol–water partition coefficient (Wildman–Crippen LogP) is 4.76. The van der Waals surface area contributed by atoms with Gasteiger partial charge in [-0.05, 0) is 44.2 Å². The summed E-state index contributed by atoms with van der Waals surface area (Å²) in [4.78, 5) is 18.7. The molecule has 26 heavy (non-hydrogen) atoms. The highest BCUT2D eigenvalue weighted by molar-refractivity contribution is 8.14. The molecule has 2 aromatic rings. The van der Waals surface area contributed by atoms with Crippen LogP contribution in [0, 0.1) is 6.92 Å². The minimum atomic E-state index is -0.145. The number of hydrogen-bond donors (Lipinski definition) is 1. The summed E-state index contributed by atoms with van der Waals surface area (Å²) in [5.41, 5.74) is 3.17. The van der Waals surface area contributed by atoms with Crippen LogP contribution in [-0.4, -0.2) is 22.5 Å². The molecule has 2 heterocycles. The lowest BCUT2D eigenvalue weighted by atomic mass is 9.90. The average Bonchev–Trinajstić information content (AvgIpc) is 3.19. The second-order valence-electron chi connectivity index (χ2n) is 6.71. The van der Waals surface area contributed by atoms with E-state index in [1.165, 1.54) is 4.90 Å². The van der Waals surface area contributed by atoms with Gasteiger partial charge < -0.3 is 9.73 Å². The van der Waals surface area contributed by atoms with Crippen LogP contribution in [0.3, 0.4) is 0 Å². The Morgan fingerprint density at radius 3 is 2.85 bits per heavy atom. The van der Waals surface area contributed by atoms with Gasteiger partial charge in [-0.2, -0.15) is 0 Å². The summed E-state index contributed by atoms with van der Waals surface area (Å²) >= 11 is 3.56. The van der Waals surface area contributed by atoms with Gasteiger partial charge in [0.25, 0.3) is 5.91 Å². The summed E-state index contributed by atoms with van der Waals surface area (Å²) < 4.78 is 5.97. The summed E-state index contributed by atoms with van der Waals surface area (Å²) in [5.74, 6) is 1.24. The fourth-order valence-corrected chi connectivity index (χ4v) is 5.30. The van der Waals surface area contributed by atoms with Crippen LogP contribution >= 0.6 is 23.5 Å². The van der Waals surface area contributed by atoms with Crippen LogP contribution in [0.2, 0.25) is 0 Å². The lowest BCUT2D eigenvalue weighted by molar-refractivity contribution is 0.0920.